The second kappa shape index (κ2) is 8.97. The molecule has 118 valence electrons. The summed E-state index contributed by atoms with van der Waals surface area (Å²) < 4.78 is 24.6. The van der Waals surface area contributed by atoms with Gasteiger partial charge in [-0.05, 0) is 32.0 Å². The second-order valence-corrected chi connectivity index (χ2v) is 5.29. The van der Waals surface area contributed by atoms with Crippen molar-refractivity contribution in [3.05, 3.63) is 29.6 Å². The van der Waals surface area contributed by atoms with E-state index in [0.717, 1.165) is 31.7 Å². The van der Waals surface area contributed by atoms with Gasteiger partial charge in [0, 0.05) is 32.3 Å². The summed E-state index contributed by atoms with van der Waals surface area (Å²) in [7, 11) is 1.66. The quantitative estimate of drug-likeness (QED) is 0.707. The Bertz CT molecular complexity index is 423. The molecule has 1 heterocycles. The molecule has 4 nitrogen and oxygen atoms in total. The minimum absolute atomic E-state index is 0.289. The van der Waals surface area contributed by atoms with Crippen molar-refractivity contribution in [2.45, 2.75) is 19.4 Å². The fraction of sp³-hybridized carbons (Fsp3) is 0.625. The molecule has 1 aliphatic rings. The van der Waals surface area contributed by atoms with E-state index in [4.69, 9.17) is 9.47 Å². The molecule has 1 saturated heterocycles. The van der Waals surface area contributed by atoms with Gasteiger partial charge in [-0.2, -0.15) is 0 Å². The van der Waals surface area contributed by atoms with E-state index < -0.39 is 0 Å². The number of hydrogen-bond acceptors (Lipinski definition) is 4. The molecule has 1 fully saturated rings. The van der Waals surface area contributed by atoms with Gasteiger partial charge < -0.3 is 14.8 Å². The minimum atomic E-state index is -0.289. The molecule has 0 atom stereocenters. The van der Waals surface area contributed by atoms with Crippen LogP contribution in [0, 0.1) is 5.82 Å². The first-order chi connectivity index (χ1) is 10.3. The molecule has 1 N–H and O–H groups in total. The van der Waals surface area contributed by atoms with Gasteiger partial charge in [0.1, 0.15) is 6.61 Å². The van der Waals surface area contributed by atoms with E-state index in [-0.39, 0.29) is 5.82 Å². The van der Waals surface area contributed by atoms with Crippen LogP contribution in [0.3, 0.4) is 0 Å². The third-order valence-corrected chi connectivity index (χ3v) is 3.70. The molecule has 0 radical (unpaired) electrons. The highest BCUT2D eigenvalue weighted by Gasteiger charge is 2.13. The van der Waals surface area contributed by atoms with Crippen molar-refractivity contribution in [1.82, 2.24) is 10.2 Å². The van der Waals surface area contributed by atoms with Gasteiger partial charge in [0.25, 0.3) is 0 Å². The Morgan fingerprint density at radius 2 is 2.05 bits per heavy atom. The van der Waals surface area contributed by atoms with Crippen molar-refractivity contribution in [3.8, 4) is 5.75 Å². The fourth-order valence-electron chi connectivity index (χ4n) is 2.53. The van der Waals surface area contributed by atoms with Crippen molar-refractivity contribution in [2.24, 2.45) is 0 Å². The second-order valence-electron chi connectivity index (χ2n) is 5.29. The van der Waals surface area contributed by atoms with Crippen molar-refractivity contribution >= 4 is 0 Å². The van der Waals surface area contributed by atoms with E-state index in [1.165, 1.54) is 18.9 Å². The molecule has 1 aromatic carbocycles. The number of nitrogens with one attached hydrogen (secondary N) is 1. The molecule has 2 rings (SSSR count). The maximum Gasteiger partial charge on any atom is 0.165 e. The number of para-hydroxylation sites is 1. The number of rotatable bonds is 9. The van der Waals surface area contributed by atoms with Crippen molar-refractivity contribution in [3.63, 3.8) is 0 Å². The Hall–Kier alpha value is -1.17. The van der Waals surface area contributed by atoms with Crippen molar-refractivity contribution in [2.75, 3.05) is 46.5 Å². The van der Waals surface area contributed by atoms with Gasteiger partial charge in [-0.1, -0.05) is 12.1 Å². The molecule has 21 heavy (non-hydrogen) atoms. The van der Waals surface area contributed by atoms with Crippen LogP contribution in [0.15, 0.2) is 18.2 Å². The number of halogens is 1. The van der Waals surface area contributed by atoms with E-state index in [0.29, 0.717) is 25.5 Å². The lowest BCUT2D eigenvalue weighted by Crippen LogP contribution is -2.25. The highest BCUT2D eigenvalue weighted by Crippen LogP contribution is 2.22. The third kappa shape index (κ3) is 5.26. The summed E-state index contributed by atoms with van der Waals surface area (Å²) in [6, 6.07) is 5.06. The van der Waals surface area contributed by atoms with Crippen LogP contribution in [-0.4, -0.2) is 51.4 Å². The summed E-state index contributed by atoms with van der Waals surface area (Å²) >= 11 is 0. The molecule has 0 unspecified atom stereocenters. The number of methoxy groups -OCH3 is 1. The summed E-state index contributed by atoms with van der Waals surface area (Å²) in [6.07, 6.45) is 2.52. The molecule has 0 saturated carbocycles. The van der Waals surface area contributed by atoms with Gasteiger partial charge in [-0.15, -0.1) is 0 Å². The molecule has 0 amide bonds. The topological polar surface area (TPSA) is 33.7 Å². The van der Waals surface area contributed by atoms with Crippen LogP contribution >= 0.6 is 0 Å². The maximum atomic E-state index is 13.9. The van der Waals surface area contributed by atoms with E-state index in [1.54, 1.807) is 13.2 Å². The summed E-state index contributed by atoms with van der Waals surface area (Å²) in [5.41, 5.74) is 0.854. The zero-order chi connectivity index (χ0) is 14.9. The van der Waals surface area contributed by atoms with Crippen molar-refractivity contribution < 1.29 is 13.9 Å². The van der Waals surface area contributed by atoms with Gasteiger partial charge in [-0.25, -0.2) is 4.39 Å². The third-order valence-electron chi connectivity index (χ3n) is 3.70. The Kier molecular flexibility index (Phi) is 6.92. The summed E-state index contributed by atoms with van der Waals surface area (Å²) in [6.45, 7) is 5.62. The van der Waals surface area contributed by atoms with E-state index in [9.17, 15) is 4.39 Å². The van der Waals surface area contributed by atoms with Crippen LogP contribution < -0.4 is 10.1 Å². The molecular formula is C16H25FN2O2. The molecular weight excluding hydrogens is 271 g/mol. The number of benzene rings is 1. The minimum Gasteiger partial charge on any atom is -0.489 e. The molecule has 1 aromatic rings. The Morgan fingerprint density at radius 3 is 2.81 bits per heavy atom. The summed E-state index contributed by atoms with van der Waals surface area (Å²) in [5, 5.41) is 3.22. The average molecular weight is 296 g/mol. The lowest BCUT2D eigenvalue weighted by Gasteiger charge is -2.17. The van der Waals surface area contributed by atoms with Crippen LogP contribution in [0.5, 0.6) is 5.75 Å². The zero-order valence-electron chi connectivity index (χ0n) is 12.7. The standard InChI is InChI=1S/C16H25FN2O2/c1-20-11-7-18-13-14-5-4-6-15(17)16(14)21-12-10-19-8-2-3-9-19/h4-6,18H,2-3,7-13H2,1H3. The number of hydrogen-bond donors (Lipinski definition) is 1. The number of likely N-dealkylation sites (tertiary alicyclic amines) is 1. The highest BCUT2D eigenvalue weighted by molar-refractivity contribution is 5.34. The lowest BCUT2D eigenvalue weighted by molar-refractivity contribution is 0.198. The Balaban J connectivity index is 1.83. The molecule has 0 bridgehead atoms. The molecule has 5 heteroatoms. The van der Waals surface area contributed by atoms with Gasteiger partial charge in [-0.3, -0.25) is 4.90 Å². The van der Waals surface area contributed by atoms with Gasteiger partial charge >= 0.3 is 0 Å². The summed E-state index contributed by atoms with van der Waals surface area (Å²) in [4.78, 5) is 2.36. The van der Waals surface area contributed by atoms with Crippen LogP contribution in [0.1, 0.15) is 18.4 Å². The smallest absolute Gasteiger partial charge is 0.165 e. The normalized spacial score (nSPS) is 15.5. The predicted octanol–water partition coefficient (Wildman–Crippen LogP) is 2.04. The Labute approximate surface area is 126 Å². The molecule has 0 aliphatic carbocycles. The lowest BCUT2D eigenvalue weighted by atomic mass is 10.2. The predicted molar refractivity (Wildman–Crippen MR) is 81.2 cm³/mol. The number of ether oxygens (including phenoxy) is 2. The zero-order valence-corrected chi connectivity index (χ0v) is 12.7. The van der Waals surface area contributed by atoms with E-state index in [1.807, 2.05) is 6.07 Å². The van der Waals surface area contributed by atoms with Crippen LogP contribution in [0.4, 0.5) is 4.39 Å². The first-order valence-corrected chi connectivity index (χ1v) is 7.63. The Morgan fingerprint density at radius 1 is 1.24 bits per heavy atom. The average Bonchev–Trinajstić information content (AvgIpc) is 2.99. The van der Waals surface area contributed by atoms with Crippen LogP contribution in [0.25, 0.3) is 0 Å². The number of nitrogens with zero attached hydrogens (tertiary/aromatic N) is 1. The van der Waals surface area contributed by atoms with Gasteiger partial charge in [0.15, 0.2) is 11.6 Å². The van der Waals surface area contributed by atoms with E-state index in [2.05, 4.69) is 10.2 Å². The fourth-order valence-corrected chi connectivity index (χ4v) is 2.53. The van der Waals surface area contributed by atoms with E-state index >= 15 is 0 Å². The first kappa shape index (κ1) is 16.2. The van der Waals surface area contributed by atoms with Crippen molar-refractivity contribution in [1.29, 1.82) is 0 Å². The van der Waals surface area contributed by atoms with Gasteiger partial charge in [0.2, 0.25) is 0 Å². The van der Waals surface area contributed by atoms with Gasteiger partial charge in [0.05, 0.1) is 6.61 Å². The molecule has 1 aliphatic heterocycles. The molecule has 0 aromatic heterocycles. The SMILES string of the molecule is COCCNCc1cccc(F)c1OCCN1CCCC1. The largest absolute Gasteiger partial charge is 0.489 e. The first-order valence-electron chi connectivity index (χ1n) is 7.63. The molecule has 0 spiro atoms. The highest BCUT2D eigenvalue weighted by atomic mass is 19.1. The summed E-state index contributed by atoms with van der Waals surface area (Å²) in [5.74, 6) is 0.0871. The van der Waals surface area contributed by atoms with Crippen LogP contribution in [-0.2, 0) is 11.3 Å². The monoisotopic (exact) mass is 296 g/mol. The van der Waals surface area contributed by atoms with Crippen LogP contribution in [0.2, 0.25) is 0 Å². The maximum absolute atomic E-state index is 13.9.